The SMILES string of the molecule is CCC(F)(F)OCC(O)CCC(=O)OI. The normalized spacial score (nSPS) is 13.7. The molecule has 0 aliphatic rings. The van der Waals surface area contributed by atoms with Crippen LogP contribution < -0.4 is 0 Å². The lowest BCUT2D eigenvalue weighted by molar-refractivity contribution is -0.249. The molecule has 7 heteroatoms. The Morgan fingerprint density at radius 3 is 2.67 bits per heavy atom. The summed E-state index contributed by atoms with van der Waals surface area (Å²) in [7, 11) is 0. The molecule has 0 amide bonds. The lowest BCUT2D eigenvalue weighted by Crippen LogP contribution is -2.26. The van der Waals surface area contributed by atoms with Crippen molar-refractivity contribution in [2.24, 2.45) is 0 Å². The number of aliphatic hydroxyl groups excluding tert-OH is 1. The van der Waals surface area contributed by atoms with Crippen LogP contribution in [0.1, 0.15) is 26.2 Å². The zero-order valence-corrected chi connectivity index (χ0v) is 10.4. The van der Waals surface area contributed by atoms with Crippen molar-refractivity contribution in [3.63, 3.8) is 0 Å². The predicted octanol–water partition coefficient (Wildman–Crippen LogP) is 2.04. The summed E-state index contributed by atoms with van der Waals surface area (Å²) in [6.07, 6.45) is -4.73. The van der Waals surface area contributed by atoms with E-state index in [4.69, 9.17) is 0 Å². The Hall–Kier alpha value is -0.0200. The molecule has 0 aromatic heterocycles. The van der Waals surface area contributed by atoms with Gasteiger partial charge in [-0.1, -0.05) is 6.92 Å². The maximum absolute atomic E-state index is 12.6. The molecule has 0 radical (unpaired) electrons. The highest BCUT2D eigenvalue weighted by Crippen LogP contribution is 2.19. The Morgan fingerprint density at radius 2 is 2.20 bits per heavy atom. The van der Waals surface area contributed by atoms with Crippen LogP contribution in [0.2, 0.25) is 0 Å². The van der Waals surface area contributed by atoms with E-state index in [1.807, 2.05) is 0 Å². The molecule has 0 aromatic rings. The molecular weight excluding hydrogens is 325 g/mol. The second-order valence-corrected chi connectivity index (χ2v) is 3.38. The maximum Gasteiger partial charge on any atom is 0.355 e. The molecule has 0 saturated carbocycles. The number of hydrogen-bond donors (Lipinski definition) is 1. The van der Waals surface area contributed by atoms with Gasteiger partial charge in [0.15, 0.2) is 23.0 Å². The van der Waals surface area contributed by atoms with Gasteiger partial charge in [-0.25, -0.2) is 0 Å². The van der Waals surface area contributed by atoms with Gasteiger partial charge in [0.25, 0.3) is 0 Å². The second-order valence-electron chi connectivity index (χ2n) is 2.94. The Morgan fingerprint density at radius 1 is 1.60 bits per heavy atom. The van der Waals surface area contributed by atoms with Crippen molar-refractivity contribution in [3.8, 4) is 0 Å². The van der Waals surface area contributed by atoms with Crippen LogP contribution in [-0.4, -0.2) is 29.9 Å². The van der Waals surface area contributed by atoms with Gasteiger partial charge in [-0.3, -0.25) is 4.79 Å². The molecule has 0 fully saturated rings. The summed E-state index contributed by atoms with van der Waals surface area (Å²) in [6.45, 7) is 0.787. The van der Waals surface area contributed by atoms with E-state index in [2.05, 4.69) is 7.80 Å². The third-order valence-electron chi connectivity index (χ3n) is 1.67. The summed E-state index contributed by atoms with van der Waals surface area (Å²) >= 11 is 1.42. The summed E-state index contributed by atoms with van der Waals surface area (Å²) in [6, 6.07) is 0. The number of carbonyl (C=O) groups is 1. The van der Waals surface area contributed by atoms with Crippen LogP contribution in [-0.2, 0) is 12.6 Å². The number of carbonyl (C=O) groups excluding carboxylic acids is 1. The van der Waals surface area contributed by atoms with E-state index in [0.717, 1.165) is 0 Å². The fraction of sp³-hybridized carbons (Fsp3) is 0.875. The number of rotatable bonds is 7. The molecule has 90 valence electrons. The monoisotopic (exact) mass is 338 g/mol. The molecule has 0 aliphatic carbocycles. The van der Waals surface area contributed by atoms with E-state index >= 15 is 0 Å². The average molecular weight is 338 g/mol. The largest absolute Gasteiger partial charge is 0.394 e. The van der Waals surface area contributed by atoms with E-state index in [-0.39, 0.29) is 12.8 Å². The van der Waals surface area contributed by atoms with Gasteiger partial charge < -0.3 is 12.9 Å². The maximum atomic E-state index is 12.6. The third-order valence-corrected chi connectivity index (χ3v) is 2.16. The van der Waals surface area contributed by atoms with Gasteiger partial charge in [-0.05, 0) is 6.42 Å². The van der Waals surface area contributed by atoms with Crippen LogP contribution in [0.4, 0.5) is 8.78 Å². The molecule has 0 saturated heterocycles. The molecule has 0 heterocycles. The zero-order valence-electron chi connectivity index (χ0n) is 8.21. The van der Waals surface area contributed by atoms with Crippen LogP contribution in [0.5, 0.6) is 0 Å². The Labute approximate surface area is 101 Å². The minimum Gasteiger partial charge on any atom is -0.394 e. The number of alkyl halides is 2. The smallest absolute Gasteiger partial charge is 0.355 e. The van der Waals surface area contributed by atoms with E-state index < -0.39 is 31.2 Å². The van der Waals surface area contributed by atoms with Crippen molar-refractivity contribution in [2.45, 2.75) is 38.4 Å². The van der Waals surface area contributed by atoms with Crippen molar-refractivity contribution in [2.75, 3.05) is 6.61 Å². The van der Waals surface area contributed by atoms with Gasteiger partial charge in [-0.2, -0.15) is 8.78 Å². The van der Waals surface area contributed by atoms with Crippen LogP contribution in [0.15, 0.2) is 0 Å². The van der Waals surface area contributed by atoms with Gasteiger partial charge in [0, 0.05) is 12.8 Å². The van der Waals surface area contributed by atoms with Crippen LogP contribution >= 0.6 is 23.0 Å². The van der Waals surface area contributed by atoms with Gasteiger partial charge >= 0.3 is 12.1 Å². The van der Waals surface area contributed by atoms with Gasteiger partial charge in [-0.15, -0.1) is 0 Å². The highest BCUT2D eigenvalue weighted by molar-refractivity contribution is 14.1. The fourth-order valence-corrected chi connectivity index (χ4v) is 0.947. The lowest BCUT2D eigenvalue weighted by Gasteiger charge is -2.17. The minimum atomic E-state index is -3.22. The van der Waals surface area contributed by atoms with Crippen molar-refractivity contribution in [1.29, 1.82) is 0 Å². The van der Waals surface area contributed by atoms with Gasteiger partial charge in [0.2, 0.25) is 0 Å². The number of halogens is 3. The summed E-state index contributed by atoms with van der Waals surface area (Å²) in [4.78, 5) is 10.6. The molecular formula is C8H13F2IO4. The highest BCUT2D eigenvalue weighted by Gasteiger charge is 2.28. The van der Waals surface area contributed by atoms with Crippen molar-refractivity contribution >= 4 is 29.0 Å². The summed E-state index contributed by atoms with van der Waals surface area (Å²) < 4.78 is 33.6. The first-order valence-corrected chi connectivity index (χ1v) is 5.30. The molecule has 0 bridgehead atoms. The lowest BCUT2D eigenvalue weighted by atomic mass is 10.2. The highest BCUT2D eigenvalue weighted by atomic mass is 127. The molecule has 0 aliphatic heterocycles. The molecule has 0 aromatic carbocycles. The average Bonchev–Trinajstić information content (AvgIpc) is 2.23. The van der Waals surface area contributed by atoms with Crippen LogP contribution in [0.3, 0.4) is 0 Å². The molecule has 0 spiro atoms. The quantitative estimate of drug-likeness (QED) is 0.722. The number of ether oxygens (including phenoxy) is 1. The zero-order chi connectivity index (χ0) is 11.9. The predicted molar refractivity (Wildman–Crippen MR) is 56.5 cm³/mol. The Balaban J connectivity index is 3.66. The molecule has 4 nitrogen and oxygen atoms in total. The minimum absolute atomic E-state index is 0.0227. The van der Waals surface area contributed by atoms with Crippen LogP contribution in [0.25, 0.3) is 0 Å². The van der Waals surface area contributed by atoms with Gasteiger partial charge in [0.1, 0.15) is 0 Å². The van der Waals surface area contributed by atoms with E-state index in [1.54, 1.807) is 0 Å². The third kappa shape index (κ3) is 7.86. The van der Waals surface area contributed by atoms with Crippen LogP contribution in [0, 0.1) is 0 Å². The number of hydrogen-bond acceptors (Lipinski definition) is 4. The fourth-order valence-electron chi connectivity index (χ4n) is 0.727. The second kappa shape index (κ2) is 7.29. The molecule has 1 unspecified atom stereocenters. The molecule has 1 N–H and O–H groups in total. The summed E-state index contributed by atoms with van der Waals surface area (Å²) in [5.74, 6) is -0.503. The molecule has 15 heavy (non-hydrogen) atoms. The first-order valence-electron chi connectivity index (χ1n) is 4.42. The topological polar surface area (TPSA) is 55.8 Å². The van der Waals surface area contributed by atoms with E-state index in [0.29, 0.717) is 0 Å². The van der Waals surface area contributed by atoms with E-state index in [9.17, 15) is 18.7 Å². The first-order chi connectivity index (χ1) is 6.91. The van der Waals surface area contributed by atoms with Crippen molar-refractivity contribution in [1.82, 2.24) is 0 Å². The molecule has 0 rings (SSSR count). The van der Waals surface area contributed by atoms with Gasteiger partial charge in [0.05, 0.1) is 12.7 Å². The standard InChI is InChI=1S/C8H13F2IO4/c1-2-8(9,10)14-5-6(12)3-4-7(13)15-11/h6,12H,2-5H2,1H3. The summed E-state index contributed by atoms with van der Waals surface area (Å²) in [5, 5.41) is 9.18. The number of aliphatic hydroxyl groups is 1. The van der Waals surface area contributed by atoms with E-state index in [1.165, 1.54) is 29.9 Å². The summed E-state index contributed by atoms with van der Waals surface area (Å²) in [5.41, 5.74) is 0. The van der Waals surface area contributed by atoms with Crippen molar-refractivity contribution < 1.29 is 26.5 Å². The Bertz CT molecular complexity index is 201. The Kier molecular flexibility index (Phi) is 7.28. The van der Waals surface area contributed by atoms with Crippen molar-refractivity contribution in [3.05, 3.63) is 0 Å². The first kappa shape index (κ1) is 15.0. The molecule has 1 atom stereocenters.